The number of nitrogens with zero attached hydrogens (tertiary/aromatic N) is 2. The molecule has 0 spiro atoms. The number of nitrogen functional groups attached to an aromatic ring is 1. The topological polar surface area (TPSA) is 56.4 Å². The Balaban J connectivity index is 1.90. The van der Waals surface area contributed by atoms with Gasteiger partial charge in [-0.05, 0) is 57.6 Å². The van der Waals surface area contributed by atoms with E-state index in [1.54, 1.807) is 6.07 Å². The number of benzene rings is 1. The Bertz CT molecular complexity index is 495. The lowest BCUT2D eigenvalue weighted by Crippen LogP contribution is -2.35. The largest absolute Gasteiger partial charge is 0.384 e. The van der Waals surface area contributed by atoms with Crippen molar-refractivity contribution >= 4 is 17.4 Å². The van der Waals surface area contributed by atoms with Crippen LogP contribution in [0.4, 0.5) is 0 Å². The zero-order valence-electron chi connectivity index (χ0n) is 12.9. The van der Waals surface area contributed by atoms with Crippen LogP contribution < -0.4 is 5.73 Å². The SMILES string of the molecule is CN1CCC(CN(C)Cc2ccc(C(=N)N)cc2Cl)CC1. The molecule has 1 aromatic carbocycles. The van der Waals surface area contributed by atoms with Crippen LogP contribution in [0.3, 0.4) is 0 Å². The Morgan fingerprint density at radius 1 is 1.43 bits per heavy atom. The molecule has 1 saturated heterocycles. The van der Waals surface area contributed by atoms with Crippen molar-refractivity contribution in [1.82, 2.24) is 9.80 Å². The van der Waals surface area contributed by atoms with Crippen LogP contribution in [0.25, 0.3) is 0 Å². The minimum atomic E-state index is 0.0585. The van der Waals surface area contributed by atoms with Gasteiger partial charge >= 0.3 is 0 Å². The Kier molecular flexibility index (Phi) is 5.62. The maximum atomic E-state index is 7.44. The van der Waals surface area contributed by atoms with Crippen LogP contribution in [-0.4, -0.2) is 49.4 Å². The van der Waals surface area contributed by atoms with Crippen LogP contribution in [0.5, 0.6) is 0 Å². The highest BCUT2D eigenvalue weighted by atomic mass is 35.5. The Labute approximate surface area is 132 Å². The monoisotopic (exact) mass is 308 g/mol. The maximum Gasteiger partial charge on any atom is 0.122 e. The summed E-state index contributed by atoms with van der Waals surface area (Å²) in [5, 5.41) is 8.13. The van der Waals surface area contributed by atoms with Crippen molar-refractivity contribution in [2.75, 3.05) is 33.7 Å². The van der Waals surface area contributed by atoms with E-state index < -0.39 is 0 Å². The molecule has 5 heteroatoms. The number of hydrogen-bond acceptors (Lipinski definition) is 3. The van der Waals surface area contributed by atoms with Crippen LogP contribution in [0, 0.1) is 11.3 Å². The normalized spacial score (nSPS) is 17.3. The molecule has 0 atom stereocenters. The number of hydrogen-bond donors (Lipinski definition) is 2. The van der Waals surface area contributed by atoms with Gasteiger partial charge in [-0.15, -0.1) is 0 Å². The summed E-state index contributed by atoms with van der Waals surface area (Å²) in [4.78, 5) is 4.73. The molecule has 1 aromatic rings. The molecule has 1 aliphatic rings. The van der Waals surface area contributed by atoms with Crippen molar-refractivity contribution in [2.24, 2.45) is 11.7 Å². The first kappa shape index (κ1) is 16.3. The van der Waals surface area contributed by atoms with Crippen molar-refractivity contribution in [1.29, 1.82) is 5.41 Å². The molecule has 0 saturated carbocycles. The van der Waals surface area contributed by atoms with Gasteiger partial charge in [0.05, 0.1) is 0 Å². The van der Waals surface area contributed by atoms with E-state index in [4.69, 9.17) is 22.7 Å². The third-order valence-corrected chi connectivity index (χ3v) is 4.56. The maximum absolute atomic E-state index is 7.44. The smallest absolute Gasteiger partial charge is 0.122 e. The second-order valence-electron chi connectivity index (χ2n) is 6.16. The third-order valence-electron chi connectivity index (χ3n) is 4.21. The number of likely N-dealkylation sites (tertiary alicyclic amines) is 1. The lowest BCUT2D eigenvalue weighted by Gasteiger charge is -2.31. The Morgan fingerprint density at radius 3 is 2.67 bits per heavy atom. The van der Waals surface area contributed by atoms with Crippen molar-refractivity contribution < 1.29 is 0 Å². The number of amidine groups is 1. The minimum Gasteiger partial charge on any atom is -0.384 e. The van der Waals surface area contributed by atoms with Crippen molar-refractivity contribution in [2.45, 2.75) is 19.4 Å². The fraction of sp³-hybridized carbons (Fsp3) is 0.562. The van der Waals surface area contributed by atoms with E-state index in [2.05, 4.69) is 23.9 Å². The molecule has 1 heterocycles. The molecule has 116 valence electrons. The minimum absolute atomic E-state index is 0.0585. The highest BCUT2D eigenvalue weighted by Crippen LogP contribution is 2.21. The average Bonchev–Trinajstić information content (AvgIpc) is 2.43. The van der Waals surface area contributed by atoms with Crippen molar-refractivity contribution in [3.8, 4) is 0 Å². The van der Waals surface area contributed by atoms with Gasteiger partial charge in [-0.3, -0.25) is 5.41 Å². The van der Waals surface area contributed by atoms with Gasteiger partial charge in [0.2, 0.25) is 0 Å². The van der Waals surface area contributed by atoms with Crippen LogP contribution in [0.2, 0.25) is 5.02 Å². The van der Waals surface area contributed by atoms with E-state index >= 15 is 0 Å². The highest BCUT2D eigenvalue weighted by molar-refractivity contribution is 6.31. The molecule has 0 aliphatic carbocycles. The molecule has 2 rings (SSSR count). The predicted octanol–water partition coefficient (Wildman–Crippen LogP) is 2.40. The second-order valence-corrected chi connectivity index (χ2v) is 6.57. The lowest BCUT2D eigenvalue weighted by atomic mass is 9.96. The van der Waals surface area contributed by atoms with Gasteiger partial charge in [0, 0.05) is 23.7 Å². The summed E-state index contributed by atoms with van der Waals surface area (Å²) in [6.45, 7) is 4.35. The van der Waals surface area contributed by atoms with Gasteiger partial charge in [0.25, 0.3) is 0 Å². The fourth-order valence-electron chi connectivity index (χ4n) is 2.88. The molecule has 1 aliphatic heterocycles. The Morgan fingerprint density at radius 2 is 2.10 bits per heavy atom. The first-order valence-electron chi connectivity index (χ1n) is 7.45. The van der Waals surface area contributed by atoms with E-state index in [0.29, 0.717) is 10.6 Å². The van der Waals surface area contributed by atoms with E-state index in [-0.39, 0.29) is 5.84 Å². The first-order chi connectivity index (χ1) is 9.95. The molecule has 21 heavy (non-hydrogen) atoms. The third kappa shape index (κ3) is 4.70. The van der Waals surface area contributed by atoms with E-state index in [9.17, 15) is 0 Å². The van der Waals surface area contributed by atoms with Gasteiger partial charge < -0.3 is 15.5 Å². The zero-order chi connectivity index (χ0) is 15.4. The summed E-state index contributed by atoms with van der Waals surface area (Å²) in [5.41, 5.74) is 7.26. The zero-order valence-corrected chi connectivity index (χ0v) is 13.7. The van der Waals surface area contributed by atoms with Gasteiger partial charge in [0.1, 0.15) is 5.84 Å². The fourth-order valence-corrected chi connectivity index (χ4v) is 3.12. The van der Waals surface area contributed by atoms with Crippen LogP contribution in [0.1, 0.15) is 24.0 Å². The van der Waals surface area contributed by atoms with Gasteiger partial charge in [0.15, 0.2) is 0 Å². The summed E-state index contributed by atoms with van der Waals surface area (Å²) < 4.78 is 0. The van der Waals surface area contributed by atoms with Crippen LogP contribution in [-0.2, 0) is 6.54 Å². The number of nitrogens with two attached hydrogens (primary N) is 1. The van der Waals surface area contributed by atoms with E-state index in [1.807, 2.05) is 12.1 Å². The number of nitrogens with one attached hydrogen (secondary N) is 1. The number of halogens is 1. The summed E-state index contributed by atoms with van der Waals surface area (Å²) in [7, 11) is 4.34. The number of rotatable bonds is 5. The van der Waals surface area contributed by atoms with Crippen molar-refractivity contribution in [3.63, 3.8) is 0 Å². The summed E-state index contributed by atoms with van der Waals surface area (Å²) in [6.07, 6.45) is 2.55. The first-order valence-corrected chi connectivity index (χ1v) is 7.83. The molecule has 4 nitrogen and oxygen atoms in total. The number of piperidine rings is 1. The Hall–Kier alpha value is -1.10. The summed E-state index contributed by atoms with van der Waals surface area (Å²) >= 11 is 6.29. The van der Waals surface area contributed by atoms with Crippen LogP contribution >= 0.6 is 11.6 Å². The molecule has 1 fully saturated rings. The van der Waals surface area contributed by atoms with Crippen molar-refractivity contribution in [3.05, 3.63) is 34.3 Å². The van der Waals surface area contributed by atoms with Gasteiger partial charge in [-0.2, -0.15) is 0 Å². The molecular formula is C16H25ClN4. The summed E-state index contributed by atoms with van der Waals surface area (Å²) in [6, 6.07) is 5.62. The molecule has 0 unspecified atom stereocenters. The quantitative estimate of drug-likeness (QED) is 0.649. The lowest BCUT2D eigenvalue weighted by molar-refractivity contribution is 0.173. The predicted molar refractivity (Wildman–Crippen MR) is 89.0 cm³/mol. The second kappa shape index (κ2) is 7.25. The molecule has 0 aromatic heterocycles. The van der Waals surface area contributed by atoms with E-state index in [0.717, 1.165) is 24.6 Å². The van der Waals surface area contributed by atoms with Crippen LogP contribution in [0.15, 0.2) is 18.2 Å². The van der Waals surface area contributed by atoms with Gasteiger partial charge in [-0.25, -0.2) is 0 Å². The molecule has 0 bridgehead atoms. The average molecular weight is 309 g/mol. The summed E-state index contributed by atoms with van der Waals surface area (Å²) in [5.74, 6) is 0.838. The molecule has 0 amide bonds. The standard InChI is InChI=1S/C16H25ClN4/c1-20-7-5-12(6-8-20)10-21(2)11-14-4-3-13(16(18)19)9-15(14)17/h3-4,9,12H,5-8,10-11H2,1-2H3,(H3,18,19). The molecule has 0 radical (unpaired) electrons. The van der Waals surface area contributed by atoms with Gasteiger partial charge in [-0.1, -0.05) is 23.7 Å². The molecule has 3 N–H and O–H groups in total. The van der Waals surface area contributed by atoms with E-state index in [1.165, 1.54) is 25.9 Å². The highest BCUT2D eigenvalue weighted by Gasteiger charge is 2.18. The molecular weight excluding hydrogens is 284 g/mol.